The Kier molecular flexibility index (Phi) is 5.73. The number of nitriles is 1. The van der Waals surface area contributed by atoms with Gasteiger partial charge in [-0.1, -0.05) is 18.2 Å². The quantitative estimate of drug-likeness (QED) is 0.564. The fraction of sp³-hybridized carbons (Fsp3) is 0.227. The lowest BCUT2D eigenvalue weighted by atomic mass is 9.94. The number of aromatic nitrogens is 4. The van der Waals surface area contributed by atoms with Crippen LogP contribution in [0.5, 0.6) is 0 Å². The van der Waals surface area contributed by atoms with Gasteiger partial charge in [-0.25, -0.2) is 9.67 Å². The van der Waals surface area contributed by atoms with Crippen molar-refractivity contribution in [1.82, 2.24) is 19.7 Å². The van der Waals surface area contributed by atoms with Gasteiger partial charge in [-0.2, -0.15) is 15.3 Å². The van der Waals surface area contributed by atoms with Crippen molar-refractivity contribution in [2.75, 3.05) is 17.2 Å². The summed E-state index contributed by atoms with van der Waals surface area (Å²) in [5.74, 6) is 1.24. The first-order chi connectivity index (χ1) is 15.1. The number of allylic oxidation sites excluding steroid dienone is 1. The van der Waals surface area contributed by atoms with Crippen LogP contribution in [0.2, 0.25) is 0 Å². The van der Waals surface area contributed by atoms with Gasteiger partial charge in [0.25, 0.3) is 5.91 Å². The average Bonchev–Trinajstić information content (AvgIpc) is 3.19. The molecule has 1 aliphatic heterocycles. The molecule has 1 amide bonds. The van der Waals surface area contributed by atoms with Crippen LogP contribution in [0, 0.1) is 11.3 Å². The van der Waals surface area contributed by atoms with E-state index in [4.69, 9.17) is 10.4 Å². The van der Waals surface area contributed by atoms with Crippen molar-refractivity contribution >= 4 is 17.7 Å². The summed E-state index contributed by atoms with van der Waals surface area (Å²) in [4.78, 5) is 22.0. The van der Waals surface area contributed by atoms with Gasteiger partial charge >= 0.3 is 0 Å². The molecular formula is C22H21N7O2. The SMILES string of the molecule is CC1=C(C(=O)Nc2ccccn2)C(c2ccc(C#N)cc2)n2nc(CCCO)nc2N1. The predicted octanol–water partition coefficient (Wildman–Crippen LogP) is 2.40. The molecule has 156 valence electrons. The number of amides is 1. The van der Waals surface area contributed by atoms with Crippen LogP contribution < -0.4 is 10.6 Å². The fourth-order valence-electron chi connectivity index (χ4n) is 3.50. The van der Waals surface area contributed by atoms with Crippen molar-refractivity contribution in [3.05, 3.63) is 76.9 Å². The number of fused-ring (bicyclic) bond motifs is 1. The summed E-state index contributed by atoms with van der Waals surface area (Å²) in [7, 11) is 0. The molecule has 0 aliphatic carbocycles. The molecule has 0 radical (unpaired) electrons. The molecule has 31 heavy (non-hydrogen) atoms. The number of hydrogen-bond acceptors (Lipinski definition) is 7. The third-order valence-electron chi connectivity index (χ3n) is 4.96. The number of hydrogen-bond donors (Lipinski definition) is 3. The molecule has 1 atom stereocenters. The maximum atomic E-state index is 13.3. The third kappa shape index (κ3) is 4.15. The van der Waals surface area contributed by atoms with Crippen LogP contribution in [0.1, 0.15) is 36.3 Å². The van der Waals surface area contributed by atoms with Gasteiger partial charge in [0.1, 0.15) is 11.9 Å². The van der Waals surface area contributed by atoms with E-state index in [2.05, 4.69) is 31.8 Å². The highest BCUT2D eigenvalue weighted by Crippen LogP contribution is 2.35. The van der Waals surface area contributed by atoms with Crippen LogP contribution in [-0.2, 0) is 11.2 Å². The Morgan fingerprint density at radius 1 is 1.29 bits per heavy atom. The molecule has 1 unspecified atom stereocenters. The Labute approximate surface area is 179 Å². The molecule has 1 aliphatic rings. The predicted molar refractivity (Wildman–Crippen MR) is 114 cm³/mol. The topological polar surface area (TPSA) is 129 Å². The monoisotopic (exact) mass is 415 g/mol. The van der Waals surface area contributed by atoms with E-state index < -0.39 is 6.04 Å². The number of aryl methyl sites for hydroxylation is 1. The minimum Gasteiger partial charge on any atom is -0.396 e. The van der Waals surface area contributed by atoms with Gasteiger partial charge in [-0.3, -0.25) is 4.79 Å². The minimum absolute atomic E-state index is 0.0470. The maximum Gasteiger partial charge on any atom is 0.257 e. The van der Waals surface area contributed by atoms with E-state index in [-0.39, 0.29) is 12.5 Å². The van der Waals surface area contributed by atoms with Crippen molar-refractivity contribution in [1.29, 1.82) is 5.26 Å². The molecule has 0 bridgehead atoms. The van der Waals surface area contributed by atoms with Crippen LogP contribution in [0.15, 0.2) is 59.9 Å². The van der Waals surface area contributed by atoms with Crippen molar-refractivity contribution in [2.45, 2.75) is 25.8 Å². The lowest BCUT2D eigenvalue weighted by molar-refractivity contribution is -0.113. The summed E-state index contributed by atoms with van der Waals surface area (Å²) >= 11 is 0. The van der Waals surface area contributed by atoms with E-state index in [0.717, 1.165) is 5.56 Å². The first-order valence-corrected chi connectivity index (χ1v) is 9.87. The molecule has 9 nitrogen and oxygen atoms in total. The number of aliphatic hydroxyl groups is 1. The number of anilines is 2. The highest BCUT2D eigenvalue weighted by atomic mass is 16.3. The first-order valence-electron chi connectivity index (χ1n) is 9.87. The molecule has 1 aromatic carbocycles. The van der Waals surface area contributed by atoms with E-state index in [1.165, 1.54) is 0 Å². The summed E-state index contributed by atoms with van der Waals surface area (Å²) < 4.78 is 1.68. The molecule has 0 spiro atoms. The number of pyridine rings is 1. The summed E-state index contributed by atoms with van der Waals surface area (Å²) in [6.07, 6.45) is 2.67. The highest BCUT2D eigenvalue weighted by molar-refractivity contribution is 6.05. The van der Waals surface area contributed by atoms with E-state index in [1.807, 2.05) is 19.1 Å². The van der Waals surface area contributed by atoms with E-state index >= 15 is 0 Å². The molecule has 0 fully saturated rings. The first kappa shape index (κ1) is 20.3. The zero-order valence-corrected chi connectivity index (χ0v) is 16.9. The van der Waals surface area contributed by atoms with Gasteiger partial charge in [0.2, 0.25) is 5.95 Å². The van der Waals surface area contributed by atoms with Crippen LogP contribution in [0.4, 0.5) is 11.8 Å². The van der Waals surface area contributed by atoms with Gasteiger partial charge < -0.3 is 15.7 Å². The molecule has 4 rings (SSSR count). The van der Waals surface area contributed by atoms with E-state index in [1.54, 1.807) is 41.2 Å². The van der Waals surface area contributed by atoms with Crippen molar-refractivity contribution in [3.63, 3.8) is 0 Å². The van der Waals surface area contributed by atoms with Crippen LogP contribution in [-0.4, -0.2) is 37.4 Å². The van der Waals surface area contributed by atoms with E-state index in [9.17, 15) is 4.79 Å². The molecule has 3 heterocycles. The van der Waals surface area contributed by atoms with Crippen LogP contribution >= 0.6 is 0 Å². The number of carbonyl (C=O) groups excluding carboxylic acids is 1. The Hall–Kier alpha value is -4.03. The second kappa shape index (κ2) is 8.77. The molecule has 0 saturated carbocycles. The van der Waals surface area contributed by atoms with Gasteiger partial charge in [0.15, 0.2) is 5.82 Å². The number of carbonyl (C=O) groups is 1. The molecule has 9 heteroatoms. The Balaban J connectivity index is 1.76. The number of nitrogens with zero attached hydrogens (tertiary/aromatic N) is 5. The second-order valence-electron chi connectivity index (χ2n) is 7.09. The molecule has 3 N–H and O–H groups in total. The second-order valence-corrected chi connectivity index (χ2v) is 7.09. The largest absolute Gasteiger partial charge is 0.396 e. The number of rotatable bonds is 6. The zero-order valence-electron chi connectivity index (χ0n) is 16.9. The average molecular weight is 415 g/mol. The molecule has 2 aromatic heterocycles. The Bertz CT molecular complexity index is 1160. The Morgan fingerprint density at radius 3 is 2.77 bits per heavy atom. The summed E-state index contributed by atoms with van der Waals surface area (Å²) in [6, 6.07) is 13.9. The summed E-state index contributed by atoms with van der Waals surface area (Å²) in [5.41, 5.74) is 2.45. The number of aliphatic hydroxyl groups excluding tert-OH is 1. The van der Waals surface area contributed by atoms with Crippen LogP contribution in [0.25, 0.3) is 0 Å². The zero-order chi connectivity index (χ0) is 21.8. The molecular weight excluding hydrogens is 394 g/mol. The maximum absolute atomic E-state index is 13.3. The van der Waals surface area contributed by atoms with Gasteiger partial charge in [0, 0.05) is 24.9 Å². The lowest BCUT2D eigenvalue weighted by Crippen LogP contribution is -2.31. The standard InChI is InChI=1S/C22H21N7O2/c1-14-19(21(31)26-17-5-2-3-11-24-17)20(16-9-7-15(13-23)8-10-16)29-22(25-14)27-18(28-29)6-4-12-30/h2-3,5,7-11,20,30H,4,6,12H2,1H3,(H,24,26,31)(H,25,27,28). The molecule has 0 saturated heterocycles. The van der Waals surface area contributed by atoms with Crippen molar-refractivity contribution in [3.8, 4) is 6.07 Å². The van der Waals surface area contributed by atoms with E-state index in [0.29, 0.717) is 47.3 Å². The number of benzene rings is 1. The molecule has 3 aromatic rings. The van der Waals surface area contributed by atoms with Crippen molar-refractivity contribution in [2.24, 2.45) is 0 Å². The van der Waals surface area contributed by atoms with Gasteiger partial charge in [-0.15, -0.1) is 0 Å². The minimum atomic E-state index is -0.539. The smallest absolute Gasteiger partial charge is 0.257 e. The normalized spacial score (nSPS) is 15.1. The van der Waals surface area contributed by atoms with Gasteiger partial charge in [0.05, 0.1) is 17.2 Å². The number of nitrogens with one attached hydrogen (secondary N) is 2. The van der Waals surface area contributed by atoms with Gasteiger partial charge in [-0.05, 0) is 43.2 Å². The highest BCUT2D eigenvalue weighted by Gasteiger charge is 2.34. The summed E-state index contributed by atoms with van der Waals surface area (Å²) in [6.45, 7) is 1.86. The Morgan fingerprint density at radius 2 is 2.10 bits per heavy atom. The third-order valence-corrected chi connectivity index (χ3v) is 4.96. The lowest BCUT2D eigenvalue weighted by Gasteiger charge is -2.28. The van der Waals surface area contributed by atoms with Crippen molar-refractivity contribution < 1.29 is 9.90 Å². The summed E-state index contributed by atoms with van der Waals surface area (Å²) in [5, 5.41) is 28.9. The van der Waals surface area contributed by atoms with Crippen LogP contribution in [0.3, 0.4) is 0 Å². The fourth-order valence-corrected chi connectivity index (χ4v) is 3.50.